The van der Waals surface area contributed by atoms with Gasteiger partial charge in [0.15, 0.2) is 0 Å². The van der Waals surface area contributed by atoms with Gasteiger partial charge >= 0.3 is 11.9 Å². The van der Waals surface area contributed by atoms with E-state index in [2.05, 4.69) is 15.6 Å². The SMILES string of the molecule is CC(C)=Nc1cc(C(=O)NCC(=O)O)cc(C(=O)NCC(=O)O)c1C. The molecule has 0 heterocycles. The number of amides is 2. The van der Waals surface area contributed by atoms with Crippen molar-refractivity contribution in [2.45, 2.75) is 20.8 Å². The molecule has 2 amide bonds. The van der Waals surface area contributed by atoms with Crippen molar-refractivity contribution in [2.24, 2.45) is 4.99 Å². The summed E-state index contributed by atoms with van der Waals surface area (Å²) in [5, 5.41) is 21.7. The number of hydrogen-bond acceptors (Lipinski definition) is 5. The number of aliphatic imine (C=N–C) groups is 1. The first-order valence-corrected chi connectivity index (χ1v) is 7.28. The number of nitrogens with one attached hydrogen (secondary N) is 2. The van der Waals surface area contributed by atoms with E-state index in [4.69, 9.17) is 10.2 Å². The molecule has 1 aromatic rings. The number of hydrogen-bond donors (Lipinski definition) is 4. The van der Waals surface area contributed by atoms with Gasteiger partial charge in [0, 0.05) is 16.8 Å². The lowest BCUT2D eigenvalue weighted by Gasteiger charge is -2.12. The third-order valence-corrected chi connectivity index (χ3v) is 3.03. The molecule has 0 saturated carbocycles. The first-order valence-electron chi connectivity index (χ1n) is 7.28. The molecule has 0 aliphatic rings. The second kappa shape index (κ2) is 8.57. The molecule has 25 heavy (non-hydrogen) atoms. The van der Waals surface area contributed by atoms with Gasteiger partial charge in [-0.25, -0.2) is 0 Å². The fourth-order valence-electron chi connectivity index (χ4n) is 1.93. The van der Waals surface area contributed by atoms with Crippen LogP contribution in [0.5, 0.6) is 0 Å². The Morgan fingerprint density at radius 3 is 1.96 bits per heavy atom. The molecule has 1 aromatic carbocycles. The summed E-state index contributed by atoms with van der Waals surface area (Å²) in [6, 6.07) is 2.71. The predicted molar refractivity (Wildman–Crippen MR) is 89.6 cm³/mol. The van der Waals surface area contributed by atoms with Crippen LogP contribution in [-0.4, -0.2) is 52.8 Å². The third kappa shape index (κ3) is 6.05. The number of carboxylic acid groups (broad SMARTS) is 2. The van der Waals surface area contributed by atoms with Crippen LogP contribution in [0, 0.1) is 6.92 Å². The van der Waals surface area contributed by atoms with Crippen LogP contribution in [0.3, 0.4) is 0 Å². The van der Waals surface area contributed by atoms with E-state index < -0.39 is 36.8 Å². The molecule has 0 aromatic heterocycles. The van der Waals surface area contributed by atoms with E-state index in [1.54, 1.807) is 20.8 Å². The third-order valence-electron chi connectivity index (χ3n) is 3.03. The van der Waals surface area contributed by atoms with Crippen molar-refractivity contribution in [3.63, 3.8) is 0 Å². The van der Waals surface area contributed by atoms with Crippen molar-refractivity contribution < 1.29 is 29.4 Å². The molecule has 0 aliphatic carbocycles. The van der Waals surface area contributed by atoms with E-state index in [0.717, 1.165) is 0 Å². The van der Waals surface area contributed by atoms with Gasteiger partial charge in [0.05, 0.1) is 5.69 Å². The minimum absolute atomic E-state index is 0.0484. The maximum atomic E-state index is 12.2. The van der Waals surface area contributed by atoms with Gasteiger partial charge in [-0.3, -0.25) is 24.2 Å². The Morgan fingerprint density at radius 1 is 0.960 bits per heavy atom. The molecule has 0 spiro atoms. The van der Waals surface area contributed by atoms with Crippen LogP contribution in [0.15, 0.2) is 17.1 Å². The zero-order valence-corrected chi connectivity index (χ0v) is 14.0. The maximum Gasteiger partial charge on any atom is 0.322 e. The largest absolute Gasteiger partial charge is 0.480 e. The van der Waals surface area contributed by atoms with Gasteiger partial charge in [0.25, 0.3) is 11.8 Å². The molecule has 0 atom stereocenters. The highest BCUT2D eigenvalue weighted by Crippen LogP contribution is 2.25. The lowest BCUT2D eigenvalue weighted by molar-refractivity contribution is -0.136. The Balaban J connectivity index is 3.30. The number of carbonyl (C=O) groups excluding carboxylic acids is 2. The molecule has 4 N–H and O–H groups in total. The van der Waals surface area contributed by atoms with Crippen molar-refractivity contribution in [1.82, 2.24) is 10.6 Å². The number of aliphatic carboxylic acids is 2. The van der Waals surface area contributed by atoms with E-state index in [0.29, 0.717) is 17.0 Å². The highest BCUT2D eigenvalue weighted by molar-refractivity contribution is 6.03. The predicted octanol–water partition coefficient (Wildman–Crippen LogP) is 0.736. The number of benzene rings is 1. The lowest BCUT2D eigenvalue weighted by atomic mass is 10.0. The highest BCUT2D eigenvalue weighted by atomic mass is 16.4. The smallest absolute Gasteiger partial charge is 0.322 e. The fourth-order valence-corrected chi connectivity index (χ4v) is 1.93. The molecule has 0 aliphatic heterocycles. The van der Waals surface area contributed by atoms with Crippen molar-refractivity contribution in [1.29, 1.82) is 0 Å². The average molecular weight is 349 g/mol. The molecule has 0 saturated heterocycles. The molecular weight excluding hydrogens is 330 g/mol. The lowest BCUT2D eigenvalue weighted by Crippen LogP contribution is -2.31. The molecule has 0 fully saturated rings. The van der Waals surface area contributed by atoms with E-state index in [1.165, 1.54) is 12.1 Å². The Bertz CT molecular complexity index is 750. The molecule has 1 rings (SSSR count). The van der Waals surface area contributed by atoms with Crippen LogP contribution in [0.1, 0.15) is 40.1 Å². The molecular formula is C16H19N3O6. The summed E-state index contributed by atoms with van der Waals surface area (Å²) in [6.07, 6.45) is 0. The highest BCUT2D eigenvalue weighted by Gasteiger charge is 2.18. The fraction of sp³-hybridized carbons (Fsp3) is 0.312. The van der Waals surface area contributed by atoms with Crippen molar-refractivity contribution in [2.75, 3.05) is 13.1 Å². The van der Waals surface area contributed by atoms with Gasteiger partial charge in [-0.15, -0.1) is 0 Å². The molecule has 0 radical (unpaired) electrons. The van der Waals surface area contributed by atoms with Crippen LogP contribution in [0.25, 0.3) is 0 Å². The van der Waals surface area contributed by atoms with E-state index in [9.17, 15) is 19.2 Å². The van der Waals surface area contributed by atoms with E-state index in [-0.39, 0.29) is 11.1 Å². The molecule has 0 unspecified atom stereocenters. The summed E-state index contributed by atoms with van der Waals surface area (Å²) in [5.41, 5.74) is 1.65. The van der Waals surface area contributed by atoms with Crippen molar-refractivity contribution in [3.05, 3.63) is 28.8 Å². The minimum atomic E-state index is -1.21. The number of carboxylic acids is 2. The van der Waals surface area contributed by atoms with Gasteiger partial charge < -0.3 is 20.8 Å². The van der Waals surface area contributed by atoms with E-state index >= 15 is 0 Å². The summed E-state index contributed by atoms with van der Waals surface area (Å²) in [7, 11) is 0. The summed E-state index contributed by atoms with van der Waals surface area (Å²) in [5.74, 6) is -3.76. The number of nitrogens with zero attached hydrogens (tertiary/aromatic N) is 1. The average Bonchev–Trinajstić information content (AvgIpc) is 2.51. The number of rotatable bonds is 7. The molecule has 0 bridgehead atoms. The summed E-state index contributed by atoms with van der Waals surface area (Å²) in [4.78, 5) is 49.7. The molecule has 134 valence electrons. The summed E-state index contributed by atoms with van der Waals surface area (Å²) in [6.45, 7) is 3.95. The quantitative estimate of drug-likeness (QED) is 0.534. The zero-order chi connectivity index (χ0) is 19.1. The zero-order valence-electron chi connectivity index (χ0n) is 14.0. The van der Waals surface area contributed by atoms with Gasteiger partial charge in [-0.2, -0.15) is 0 Å². The monoisotopic (exact) mass is 349 g/mol. The first kappa shape index (κ1) is 19.8. The van der Waals surface area contributed by atoms with Crippen molar-refractivity contribution in [3.8, 4) is 0 Å². The Morgan fingerprint density at radius 2 is 1.48 bits per heavy atom. The van der Waals surface area contributed by atoms with Gasteiger partial charge in [-0.05, 0) is 38.5 Å². The van der Waals surface area contributed by atoms with Crippen LogP contribution in [-0.2, 0) is 9.59 Å². The normalized spacial score (nSPS) is 9.88. The summed E-state index contributed by atoms with van der Waals surface area (Å²) >= 11 is 0. The van der Waals surface area contributed by atoms with Crippen LogP contribution < -0.4 is 10.6 Å². The standard InChI is InChI=1S/C16H19N3O6/c1-8(2)19-12-5-10(15(24)17-6-13(20)21)4-11(9(12)3)16(25)18-7-14(22)23/h4-5H,6-7H2,1-3H3,(H,17,24)(H,18,25)(H,20,21)(H,22,23). The van der Waals surface area contributed by atoms with Gasteiger partial charge in [0.1, 0.15) is 13.1 Å². The van der Waals surface area contributed by atoms with Crippen LogP contribution >= 0.6 is 0 Å². The number of carbonyl (C=O) groups is 4. The minimum Gasteiger partial charge on any atom is -0.480 e. The Labute approximate surface area is 143 Å². The second-order valence-corrected chi connectivity index (χ2v) is 5.38. The van der Waals surface area contributed by atoms with Crippen LogP contribution in [0.2, 0.25) is 0 Å². The summed E-state index contributed by atoms with van der Waals surface area (Å²) < 4.78 is 0. The second-order valence-electron chi connectivity index (χ2n) is 5.38. The molecule has 9 heteroatoms. The maximum absolute atomic E-state index is 12.2. The van der Waals surface area contributed by atoms with Gasteiger partial charge in [-0.1, -0.05) is 0 Å². The molecule has 9 nitrogen and oxygen atoms in total. The van der Waals surface area contributed by atoms with Gasteiger partial charge in [0.2, 0.25) is 0 Å². The first-order chi connectivity index (χ1) is 11.6. The Kier molecular flexibility index (Phi) is 6.80. The van der Waals surface area contributed by atoms with Crippen LogP contribution in [0.4, 0.5) is 5.69 Å². The van der Waals surface area contributed by atoms with E-state index in [1.807, 2.05) is 0 Å². The van der Waals surface area contributed by atoms with Crippen molar-refractivity contribution >= 4 is 35.2 Å². The Hall–Kier alpha value is -3.23. The topological polar surface area (TPSA) is 145 Å².